The van der Waals surface area contributed by atoms with Gasteiger partial charge in [-0.1, -0.05) is 13.3 Å². The molecule has 0 saturated heterocycles. The van der Waals surface area contributed by atoms with Crippen LogP contribution in [0, 0.1) is 5.92 Å². The Labute approximate surface area is 107 Å². The summed E-state index contributed by atoms with van der Waals surface area (Å²) >= 11 is 0. The van der Waals surface area contributed by atoms with Gasteiger partial charge in [-0.15, -0.1) is 0 Å². The van der Waals surface area contributed by atoms with Gasteiger partial charge in [0.15, 0.2) is 0 Å². The van der Waals surface area contributed by atoms with Gasteiger partial charge in [-0.25, -0.2) is 0 Å². The van der Waals surface area contributed by atoms with E-state index in [-0.39, 0.29) is 5.60 Å². The molecule has 0 heterocycles. The molecule has 0 bridgehead atoms. The zero-order chi connectivity index (χ0) is 13.1. The van der Waals surface area contributed by atoms with Crippen molar-refractivity contribution in [3.8, 4) is 0 Å². The zero-order valence-electron chi connectivity index (χ0n) is 12.3. The highest BCUT2D eigenvalue weighted by Crippen LogP contribution is 2.21. The van der Waals surface area contributed by atoms with Crippen molar-refractivity contribution in [2.24, 2.45) is 5.92 Å². The van der Waals surface area contributed by atoms with E-state index in [9.17, 15) is 0 Å². The Kier molecular flexibility index (Phi) is 9.79. The van der Waals surface area contributed by atoms with Gasteiger partial charge >= 0.3 is 0 Å². The third kappa shape index (κ3) is 9.57. The summed E-state index contributed by atoms with van der Waals surface area (Å²) in [7, 11) is 3.54. The van der Waals surface area contributed by atoms with Crippen molar-refractivity contribution >= 4 is 0 Å². The van der Waals surface area contributed by atoms with Gasteiger partial charge in [-0.05, 0) is 45.6 Å². The summed E-state index contributed by atoms with van der Waals surface area (Å²) in [6.45, 7) is 9.41. The molecule has 1 unspecified atom stereocenters. The highest BCUT2D eigenvalue weighted by atomic mass is 16.5. The maximum Gasteiger partial charge on any atom is 0.0622 e. The lowest BCUT2D eigenvalue weighted by Crippen LogP contribution is -2.29. The molecule has 1 atom stereocenters. The van der Waals surface area contributed by atoms with E-state index >= 15 is 0 Å². The minimum absolute atomic E-state index is 0.0124. The van der Waals surface area contributed by atoms with Crippen molar-refractivity contribution in [2.45, 2.75) is 52.1 Å². The van der Waals surface area contributed by atoms with Crippen LogP contribution in [0.3, 0.4) is 0 Å². The van der Waals surface area contributed by atoms with Crippen molar-refractivity contribution in [2.75, 3.05) is 33.9 Å². The molecule has 0 radical (unpaired) electrons. The molecule has 0 spiro atoms. The SMILES string of the molecule is CCCC(CCC(C)(C)OC)CNCCOC. The van der Waals surface area contributed by atoms with E-state index in [2.05, 4.69) is 26.1 Å². The standard InChI is InChI=1S/C14H31NO2/c1-6-7-13(12-15-10-11-16-4)8-9-14(2,3)17-5/h13,15H,6-12H2,1-5H3. The van der Waals surface area contributed by atoms with Crippen LogP contribution in [0.4, 0.5) is 0 Å². The Bertz CT molecular complexity index is 172. The van der Waals surface area contributed by atoms with Crippen LogP contribution in [0.25, 0.3) is 0 Å². The van der Waals surface area contributed by atoms with Gasteiger partial charge in [0, 0.05) is 20.8 Å². The molecule has 0 aliphatic rings. The van der Waals surface area contributed by atoms with Crippen LogP contribution in [0.1, 0.15) is 46.5 Å². The van der Waals surface area contributed by atoms with Crippen molar-refractivity contribution in [3.63, 3.8) is 0 Å². The molecule has 1 N–H and O–H groups in total. The van der Waals surface area contributed by atoms with Crippen molar-refractivity contribution in [3.05, 3.63) is 0 Å². The second-order valence-corrected chi connectivity index (χ2v) is 5.35. The van der Waals surface area contributed by atoms with Crippen molar-refractivity contribution < 1.29 is 9.47 Å². The first-order valence-electron chi connectivity index (χ1n) is 6.80. The summed E-state index contributed by atoms with van der Waals surface area (Å²) < 4.78 is 10.5. The molecule has 0 aliphatic heterocycles. The number of nitrogens with one attached hydrogen (secondary N) is 1. The maximum atomic E-state index is 5.47. The fourth-order valence-corrected chi connectivity index (χ4v) is 1.89. The van der Waals surface area contributed by atoms with Crippen LogP contribution < -0.4 is 5.32 Å². The Morgan fingerprint density at radius 1 is 1.18 bits per heavy atom. The Balaban J connectivity index is 3.81. The molecular formula is C14H31NO2. The van der Waals surface area contributed by atoms with Crippen LogP contribution in [0.2, 0.25) is 0 Å². The lowest BCUT2D eigenvalue weighted by atomic mass is 9.92. The second kappa shape index (κ2) is 9.86. The quantitative estimate of drug-likeness (QED) is 0.568. The summed E-state index contributed by atoms with van der Waals surface area (Å²) in [5, 5.41) is 3.46. The molecule has 0 aliphatic carbocycles. The summed E-state index contributed by atoms with van der Waals surface area (Å²) in [4.78, 5) is 0. The zero-order valence-corrected chi connectivity index (χ0v) is 12.3. The lowest BCUT2D eigenvalue weighted by molar-refractivity contribution is 0.0100. The smallest absolute Gasteiger partial charge is 0.0622 e. The van der Waals surface area contributed by atoms with Gasteiger partial charge in [-0.3, -0.25) is 0 Å². The van der Waals surface area contributed by atoms with Gasteiger partial charge in [-0.2, -0.15) is 0 Å². The molecule has 17 heavy (non-hydrogen) atoms. The van der Waals surface area contributed by atoms with E-state index in [4.69, 9.17) is 9.47 Å². The highest BCUT2D eigenvalue weighted by Gasteiger charge is 2.18. The topological polar surface area (TPSA) is 30.5 Å². The van der Waals surface area contributed by atoms with E-state index in [1.807, 2.05) is 0 Å². The summed E-state index contributed by atoms with van der Waals surface area (Å²) in [6, 6.07) is 0. The Morgan fingerprint density at radius 3 is 2.41 bits per heavy atom. The van der Waals surface area contributed by atoms with E-state index in [1.165, 1.54) is 19.3 Å². The number of methoxy groups -OCH3 is 2. The first-order valence-corrected chi connectivity index (χ1v) is 6.80. The van der Waals surface area contributed by atoms with Gasteiger partial charge < -0.3 is 14.8 Å². The number of hydrogen-bond acceptors (Lipinski definition) is 3. The second-order valence-electron chi connectivity index (χ2n) is 5.35. The number of hydrogen-bond donors (Lipinski definition) is 1. The average Bonchev–Trinajstić information content (AvgIpc) is 2.31. The molecule has 0 amide bonds. The minimum atomic E-state index is 0.0124. The average molecular weight is 245 g/mol. The third-order valence-corrected chi connectivity index (χ3v) is 3.32. The normalized spacial score (nSPS) is 13.9. The molecular weight excluding hydrogens is 214 g/mol. The minimum Gasteiger partial charge on any atom is -0.383 e. The van der Waals surface area contributed by atoms with Crippen LogP contribution in [-0.2, 0) is 9.47 Å². The summed E-state index contributed by atoms with van der Waals surface area (Å²) in [5.74, 6) is 0.756. The third-order valence-electron chi connectivity index (χ3n) is 3.32. The first kappa shape index (κ1) is 16.9. The molecule has 0 fully saturated rings. The molecule has 3 nitrogen and oxygen atoms in total. The molecule has 104 valence electrons. The van der Waals surface area contributed by atoms with Crippen LogP contribution in [-0.4, -0.2) is 39.5 Å². The van der Waals surface area contributed by atoms with E-state index < -0.39 is 0 Å². The number of rotatable bonds is 11. The van der Waals surface area contributed by atoms with Gasteiger partial charge in [0.05, 0.1) is 12.2 Å². The number of ether oxygens (including phenoxy) is 2. The fraction of sp³-hybridized carbons (Fsp3) is 1.00. The van der Waals surface area contributed by atoms with E-state index in [0.717, 1.165) is 32.0 Å². The van der Waals surface area contributed by atoms with E-state index in [1.54, 1.807) is 14.2 Å². The van der Waals surface area contributed by atoms with Crippen molar-refractivity contribution in [1.82, 2.24) is 5.32 Å². The summed E-state index contributed by atoms with van der Waals surface area (Å²) in [6.07, 6.45) is 4.90. The van der Waals surface area contributed by atoms with Crippen LogP contribution in [0.5, 0.6) is 0 Å². The molecule has 3 heteroatoms. The van der Waals surface area contributed by atoms with Gasteiger partial charge in [0.25, 0.3) is 0 Å². The summed E-state index contributed by atoms with van der Waals surface area (Å²) in [5.41, 5.74) is 0.0124. The van der Waals surface area contributed by atoms with E-state index in [0.29, 0.717) is 0 Å². The molecule has 0 rings (SSSR count). The molecule has 0 aromatic heterocycles. The van der Waals surface area contributed by atoms with Crippen LogP contribution >= 0.6 is 0 Å². The molecule has 0 aromatic rings. The van der Waals surface area contributed by atoms with Gasteiger partial charge in [0.1, 0.15) is 0 Å². The van der Waals surface area contributed by atoms with Crippen molar-refractivity contribution in [1.29, 1.82) is 0 Å². The Hall–Kier alpha value is -0.120. The highest BCUT2D eigenvalue weighted by molar-refractivity contribution is 4.72. The Morgan fingerprint density at radius 2 is 1.88 bits per heavy atom. The first-order chi connectivity index (χ1) is 8.05. The molecule has 0 aromatic carbocycles. The largest absolute Gasteiger partial charge is 0.383 e. The fourth-order valence-electron chi connectivity index (χ4n) is 1.89. The molecule has 0 saturated carbocycles. The lowest BCUT2D eigenvalue weighted by Gasteiger charge is -2.26. The monoisotopic (exact) mass is 245 g/mol. The van der Waals surface area contributed by atoms with Gasteiger partial charge in [0.2, 0.25) is 0 Å². The maximum absolute atomic E-state index is 5.47. The predicted octanol–water partition coefficient (Wildman–Crippen LogP) is 2.84. The predicted molar refractivity (Wildman–Crippen MR) is 73.5 cm³/mol. The van der Waals surface area contributed by atoms with Crippen LogP contribution in [0.15, 0.2) is 0 Å².